The maximum Gasteiger partial charge on any atom is 0.352 e. The maximum atomic E-state index is 13.4. The van der Waals surface area contributed by atoms with Crippen LogP contribution in [-0.4, -0.2) is 50.6 Å². The largest absolute Gasteiger partial charge is 0.458 e. The van der Waals surface area contributed by atoms with Crippen molar-refractivity contribution in [1.29, 1.82) is 0 Å². The minimum Gasteiger partial charge on any atom is -0.458 e. The molecule has 14 heteroatoms. The molecular weight excluding hydrogens is 626 g/mol. The van der Waals surface area contributed by atoms with Gasteiger partial charge in [0.2, 0.25) is 12.2 Å². The number of benzene rings is 3. The van der Waals surface area contributed by atoms with Crippen LogP contribution in [0.4, 0.5) is 0 Å². The van der Waals surface area contributed by atoms with Crippen molar-refractivity contribution in [2.24, 2.45) is 0 Å². The van der Waals surface area contributed by atoms with Crippen molar-refractivity contribution in [2.45, 2.75) is 57.6 Å². The molecule has 4 aromatic rings. The predicted molar refractivity (Wildman–Crippen MR) is 168 cm³/mol. The number of nitrogens with zero attached hydrogens (tertiary/aromatic N) is 1. The van der Waals surface area contributed by atoms with Gasteiger partial charge in [0.1, 0.15) is 13.2 Å². The molecule has 250 valence electrons. The number of unbranched alkanes of at least 4 members (excludes halogenated alkanes) is 2. The number of aromatic amines is 2. The molecule has 48 heavy (non-hydrogen) atoms. The smallest absolute Gasteiger partial charge is 0.352 e. The zero-order valence-electron chi connectivity index (χ0n) is 25.7. The lowest BCUT2D eigenvalue weighted by Gasteiger charge is -2.24. The number of nitrogens with one attached hydrogen (secondary N) is 2. The number of hydrogen-bond donors (Lipinski definition) is 2. The summed E-state index contributed by atoms with van der Waals surface area (Å²) in [4.78, 5) is 91.8. The molecule has 0 aliphatic carbocycles. The van der Waals surface area contributed by atoms with E-state index in [0.29, 0.717) is 17.5 Å². The molecule has 0 saturated carbocycles. The number of H-pyrrole nitrogens is 2. The molecule has 0 aliphatic heterocycles. The Morgan fingerprint density at radius 3 is 1.60 bits per heavy atom. The summed E-state index contributed by atoms with van der Waals surface area (Å²) in [5.74, 6) is -4.17. The van der Waals surface area contributed by atoms with E-state index in [1.807, 2.05) is 9.97 Å². The van der Waals surface area contributed by atoms with Gasteiger partial charge in [-0.3, -0.25) is 14.8 Å². The highest BCUT2D eigenvalue weighted by Gasteiger charge is 2.43. The van der Waals surface area contributed by atoms with Gasteiger partial charge >= 0.3 is 40.9 Å². The van der Waals surface area contributed by atoms with Crippen molar-refractivity contribution in [3.8, 4) is 0 Å². The normalized spacial score (nSPS) is 11.9. The van der Waals surface area contributed by atoms with Gasteiger partial charge in [-0.1, -0.05) is 85.3 Å². The Morgan fingerprint density at radius 1 is 0.604 bits per heavy atom. The van der Waals surface area contributed by atoms with Gasteiger partial charge in [-0.05, 0) is 36.1 Å². The van der Waals surface area contributed by atoms with E-state index in [1.165, 1.54) is 12.1 Å². The Hall–Kier alpha value is -6.05. The zero-order valence-corrected chi connectivity index (χ0v) is 25.7. The second kappa shape index (κ2) is 17.6. The quantitative estimate of drug-likeness (QED) is 0.102. The molecule has 4 rings (SSSR count). The second-order valence-electron chi connectivity index (χ2n) is 10.4. The van der Waals surface area contributed by atoms with E-state index in [1.54, 1.807) is 78.9 Å². The molecule has 1 heterocycles. The summed E-state index contributed by atoms with van der Waals surface area (Å²) < 4.78 is 22.5. The third-order valence-electron chi connectivity index (χ3n) is 6.88. The molecule has 2 N–H and O–H groups in total. The van der Waals surface area contributed by atoms with Gasteiger partial charge < -0.3 is 18.9 Å². The molecule has 0 aliphatic rings. The first-order chi connectivity index (χ1) is 23.2. The summed E-state index contributed by atoms with van der Waals surface area (Å²) in [6.45, 7) is -0.478. The van der Waals surface area contributed by atoms with Crippen LogP contribution in [0.2, 0.25) is 0 Å². The molecule has 2 atom stereocenters. The standard InChI is InChI=1S/C34H33N3O11/c38-26(19-11-4-12-20-37-33(43)35-32(42)36-34(37)44)47-27(30(40)45-21-23-13-5-1-6-14-23)28(48-29(39)25-17-9-3-10-18-25)31(41)46-22-24-15-7-2-8-16-24/h1-3,5-10,13-18,27-28H,4,11-12,19-22H2,(H2,35,36,42,43,44)/t27-,28-/m1/s1. The summed E-state index contributed by atoms with van der Waals surface area (Å²) in [6, 6.07) is 25.0. The lowest BCUT2D eigenvalue weighted by molar-refractivity contribution is -0.185. The van der Waals surface area contributed by atoms with Crippen LogP contribution in [0.1, 0.15) is 47.2 Å². The molecule has 0 saturated heterocycles. The van der Waals surface area contributed by atoms with Gasteiger partial charge in [0.15, 0.2) is 0 Å². The third-order valence-corrected chi connectivity index (χ3v) is 6.88. The van der Waals surface area contributed by atoms with Crippen LogP contribution >= 0.6 is 0 Å². The monoisotopic (exact) mass is 659 g/mol. The van der Waals surface area contributed by atoms with E-state index >= 15 is 0 Å². The first-order valence-electron chi connectivity index (χ1n) is 15.0. The number of esters is 4. The van der Waals surface area contributed by atoms with Crippen LogP contribution in [0.5, 0.6) is 0 Å². The molecule has 14 nitrogen and oxygen atoms in total. The fourth-order valence-electron chi connectivity index (χ4n) is 4.42. The van der Waals surface area contributed by atoms with E-state index in [-0.39, 0.29) is 44.6 Å². The Balaban J connectivity index is 1.48. The highest BCUT2D eigenvalue weighted by molar-refractivity contribution is 5.94. The van der Waals surface area contributed by atoms with Gasteiger partial charge in [-0.15, -0.1) is 0 Å². The molecule has 0 unspecified atom stereocenters. The van der Waals surface area contributed by atoms with Gasteiger partial charge in [0.25, 0.3) is 0 Å². The first kappa shape index (κ1) is 34.8. The first-order valence-corrected chi connectivity index (χ1v) is 15.0. The van der Waals surface area contributed by atoms with E-state index in [0.717, 1.165) is 4.57 Å². The summed E-state index contributed by atoms with van der Waals surface area (Å²) in [5.41, 5.74) is -1.35. The summed E-state index contributed by atoms with van der Waals surface area (Å²) >= 11 is 0. The van der Waals surface area contributed by atoms with Crippen LogP contribution < -0.4 is 17.1 Å². The molecule has 0 spiro atoms. The molecule has 1 aromatic heterocycles. The maximum absolute atomic E-state index is 13.4. The van der Waals surface area contributed by atoms with Crippen molar-refractivity contribution < 1.29 is 38.1 Å². The number of hydrogen-bond acceptors (Lipinski definition) is 11. The van der Waals surface area contributed by atoms with Crippen LogP contribution in [0, 0.1) is 0 Å². The lowest BCUT2D eigenvalue weighted by Crippen LogP contribution is -2.47. The number of ether oxygens (including phenoxy) is 4. The Labute approximate surface area is 273 Å². The minimum atomic E-state index is -2.02. The predicted octanol–water partition coefficient (Wildman–Crippen LogP) is 2.41. The van der Waals surface area contributed by atoms with Gasteiger partial charge in [-0.25, -0.2) is 33.3 Å². The van der Waals surface area contributed by atoms with E-state index in [4.69, 9.17) is 18.9 Å². The fourth-order valence-corrected chi connectivity index (χ4v) is 4.42. The van der Waals surface area contributed by atoms with Crippen molar-refractivity contribution in [3.05, 3.63) is 139 Å². The lowest BCUT2D eigenvalue weighted by atomic mass is 10.1. The van der Waals surface area contributed by atoms with Crippen molar-refractivity contribution >= 4 is 23.9 Å². The SMILES string of the molecule is O=C(CCCCCn1c(=O)[nH]c(=O)[nH]c1=O)O[C@@H](C(=O)OCc1ccccc1)[C@@H](OC(=O)c1ccccc1)C(=O)OCc1ccccc1. The number of rotatable bonds is 16. The Bertz CT molecular complexity index is 1820. The minimum absolute atomic E-state index is 0.0286. The van der Waals surface area contributed by atoms with Crippen molar-refractivity contribution in [2.75, 3.05) is 0 Å². The van der Waals surface area contributed by atoms with Gasteiger partial charge in [-0.2, -0.15) is 0 Å². The highest BCUT2D eigenvalue weighted by Crippen LogP contribution is 2.17. The van der Waals surface area contributed by atoms with Crippen LogP contribution in [0.15, 0.2) is 105 Å². The fraction of sp³-hybridized carbons (Fsp3) is 0.265. The van der Waals surface area contributed by atoms with Gasteiger partial charge in [0, 0.05) is 13.0 Å². The third kappa shape index (κ3) is 10.5. The topological polar surface area (TPSA) is 193 Å². The molecule has 0 radical (unpaired) electrons. The van der Waals surface area contributed by atoms with Crippen LogP contribution in [0.25, 0.3) is 0 Å². The van der Waals surface area contributed by atoms with Crippen LogP contribution in [-0.2, 0) is 53.1 Å². The molecular formula is C34H33N3O11. The van der Waals surface area contributed by atoms with Crippen LogP contribution in [0.3, 0.4) is 0 Å². The highest BCUT2D eigenvalue weighted by atomic mass is 16.6. The molecule has 3 aromatic carbocycles. The Morgan fingerprint density at radius 2 is 1.08 bits per heavy atom. The molecule has 0 fully saturated rings. The summed E-state index contributed by atoms with van der Waals surface area (Å²) in [6.07, 6.45) is -3.45. The average molecular weight is 660 g/mol. The Kier molecular flexibility index (Phi) is 12.8. The van der Waals surface area contributed by atoms with Crippen molar-refractivity contribution in [3.63, 3.8) is 0 Å². The second-order valence-corrected chi connectivity index (χ2v) is 10.4. The average Bonchev–Trinajstić information content (AvgIpc) is 3.09. The molecule has 0 bridgehead atoms. The summed E-state index contributed by atoms with van der Waals surface area (Å²) in [5, 5.41) is 0. The summed E-state index contributed by atoms with van der Waals surface area (Å²) in [7, 11) is 0. The van der Waals surface area contributed by atoms with Crippen molar-refractivity contribution in [1.82, 2.24) is 14.5 Å². The van der Waals surface area contributed by atoms with E-state index in [2.05, 4.69) is 0 Å². The number of carbonyl (C=O) groups excluding carboxylic acids is 4. The number of aromatic nitrogens is 3. The number of carbonyl (C=O) groups is 4. The zero-order chi connectivity index (χ0) is 34.3. The van der Waals surface area contributed by atoms with E-state index in [9.17, 15) is 33.6 Å². The van der Waals surface area contributed by atoms with Gasteiger partial charge in [0.05, 0.1) is 5.56 Å². The molecule has 0 amide bonds. The van der Waals surface area contributed by atoms with E-state index < -0.39 is 53.2 Å².